The fourth-order valence-electron chi connectivity index (χ4n) is 3.55. The highest BCUT2D eigenvalue weighted by Crippen LogP contribution is 2.48. The van der Waals surface area contributed by atoms with Crippen molar-refractivity contribution in [2.45, 2.75) is 25.7 Å². The van der Waals surface area contributed by atoms with Gasteiger partial charge in [0, 0.05) is 5.56 Å². The molecule has 4 heteroatoms. The lowest BCUT2D eigenvalue weighted by Crippen LogP contribution is -2.18. The van der Waals surface area contributed by atoms with Crippen molar-refractivity contribution >= 4 is 28.8 Å². The quantitative estimate of drug-likeness (QED) is 0.859. The summed E-state index contributed by atoms with van der Waals surface area (Å²) < 4.78 is 5.89. The van der Waals surface area contributed by atoms with Crippen molar-refractivity contribution < 1.29 is 4.74 Å². The van der Waals surface area contributed by atoms with E-state index in [2.05, 4.69) is 0 Å². The highest BCUT2D eigenvalue weighted by molar-refractivity contribution is 7.80. The van der Waals surface area contributed by atoms with Crippen LogP contribution in [0.4, 0.5) is 0 Å². The minimum atomic E-state index is 0.363. The number of hydrogen-bond acceptors (Lipinski definition) is 2. The number of ether oxygens (including phenoxy) is 1. The first-order valence-electron chi connectivity index (χ1n) is 6.85. The molecule has 2 bridgehead atoms. The van der Waals surface area contributed by atoms with Crippen LogP contribution in [-0.4, -0.2) is 11.6 Å². The molecule has 0 radical (unpaired) electrons. The molecule has 0 spiro atoms. The molecule has 3 rings (SSSR count). The fourth-order valence-corrected chi connectivity index (χ4v) is 3.91. The summed E-state index contributed by atoms with van der Waals surface area (Å²) in [5.74, 6) is 3.28. The molecule has 2 aliphatic carbocycles. The van der Waals surface area contributed by atoms with E-state index in [0.717, 1.165) is 29.8 Å². The van der Waals surface area contributed by atoms with Crippen LogP contribution < -0.4 is 10.5 Å². The Morgan fingerprint density at radius 1 is 1.37 bits per heavy atom. The van der Waals surface area contributed by atoms with E-state index in [4.69, 9.17) is 34.3 Å². The van der Waals surface area contributed by atoms with Crippen molar-refractivity contribution in [1.82, 2.24) is 0 Å². The molecule has 19 heavy (non-hydrogen) atoms. The number of nitrogens with two attached hydrogens (primary N) is 1. The monoisotopic (exact) mass is 295 g/mol. The van der Waals surface area contributed by atoms with Gasteiger partial charge >= 0.3 is 0 Å². The lowest BCUT2D eigenvalue weighted by atomic mass is 9.89. The Labute approximate surface area is 124 Å². The van der Waals surface area contributed by atoms with E-state index in [0.29, 0.717) is 15.9 Å². The van der Waals surface area contributed by atoms with Crippen molar-refractivity contribution in [2.75, 3.05) is 6.61 Å². The highest BCUT2D eigenvalue weighted by Gasteiger charge is 2.39. The second-order valence-corrected chi connectivity index (χ2v) is 6.60. The smallest absolute Gasteiger partial charge is 0.137 e. The Hall–Kier alpha value is -0.800. The Bertz CT molecular complexity index is 505. The molecule has 3 atom stereocenters. The zero-order valence-corrected chi connectivity index (χ0v) is 12.3. The topological polar surface area (TPSA) is 35.2 Å². The van der Waals surface area contributed by atoms with Crippen molar-refractivity contribution in [3.63, 3.8) is 0 Å². The Morgan fingerprint density at radius 2 is 2.21 bits per heavy atom. The average molecular weight is 296 g/mol. The molecule has 0 heterocycles. The Balaban J connectivity index is 1.62. The molecule has 102 valence electrons. The van der Waals surface area contributed by atoms with Crippen LogP contribution in [0.5, 0.6) is 5.75 Å². The molecule has 2 N–H and O–H groups in total. The first-order valence-corrected chi connectivity index (χ1v) is 7.64. The fraction of sp³-hybridized carbons (Fsp3) is 0.533. The van der Waals surface area contributed by atoms with Crippen LogP contribution in [0.2, 0.25) is 5.02 Å². The number of halogens is 1. The summed E-state index contributed by atoms with van der Waals surface area (Å²) in [5.41, 5.74) is 6.36. The zero-order valence-electron chi connectivity index (χ0n) is 10.8. The van der Waals surface area contributed by atoms with E-state index in [9.17, 15) is 0 Å². The normalized spacial score (nSPS) is 28.6. The van der Waals surface area contributed by atoms with Crippen molar-refractivity contribution in [1.29, 1.82) is 0 Å². The van der Waals surface area contributed by atoms with Crippen LogP contribution in [0.15, 0.2) is 18.2 Å². The summed E-state index contributed by atoms with van der Waals surface area (Å²) >= 11 is 11.1. The average Bonchev–Trinajstić information content (AvgIpc) is 2.99. The molecule has 1 aromatic rings. The first-order chi connectivity index (χ1) is 9.13. The standard InChI is InChI=1S/C15H18ClNOS/c16-13-7-11(15(17)19)3-4-14(13)18-8-12-6-9-1-2-10(12)5-9/h3-4,7,9-10,12H,1-2,5-6,8H2,(H2,17,19). The summed E-state index contributed by atoms with van der Waals surface area (Å²) in [6, 6.07) is 5.51. The number of benzene rings is 1. The minimum absolute atomic E-state index is 0.363. The SMILES string of the molecule is NC(=S)c1ccc(OCC2CC3CCC2C3)c(Cl)c1. The van der Waals surface area contributed by atoms with Gasteiger partial charge in [0.25, 0.3) is 0 Å². The van der Waals surface area contributed by atoms with Crippen LogP contribution in [0.1, 0.15) is 31.2 Å². The molecule has 2 fully saturated rings. The van der Waals surface area contributed by atoms with Gasteiger partial charge < -0.3 is 10.5 Å². The third-order valence-electron chi connectivity index (χ3n) is 4.55. The Kier molecular flexibility index (Phi) is 3.68. The van der Waals surface area contributed by atoms with Gasteiger partial charge in [-0.05, 0) is 55.2 Å². The summed E-state index contributed by atoms with van der Waals surface area (Å²) in [5, 5.41) is 0.591. The molecule has 1 aromatic carbocycles. The van der Waals surface area contributed by atoms with Crippen molar-refractivity contribution in [3.05, 3.63) is 28.8 Å². The summed E-state index contributed by atoms with van der Waals surface area (Å²) in [6.07, 6.45) is 5.53. The summed E-state index contributed by atoms with van der Waals surface area (Å²) in [4.78, 5) is 0.363. The van der Waals surface area contributed by atoms with Crippen LogP contribution in [-0.2, 0) is 0 Å². The molecular formula is C15H18ClNOS. The van der Waals surface area contributed by atoms with E-state index >= 15 is 0 Å². The van der Waals surface area contributed by atoms with Crippen molar-refractivity contribution in [2.24, 2.45) is 23.5 Å². The van der Waals surface area contributed by atoms with Crippen LogP contribution >= 0.6 is 23.8 Å². The number of hydrogen-bond donors (Lipinski definition) is 1. The zero-order chi connectivity index (χ0) is 13.4. The molecule has 3 unspecified atom stereocenters. The van der Waals surface area contributed by atoms with Gasteiger partial charge in [-0.2, -0.15) is 0 Å². The van der Waals surface area contributed by atoms with Crippen LogP contribution in [0.3, 0.4) is 0 Å². The van der Waals surface area contributed by atoms with Gasteiger partial charge in [-0.1, -0.05) is 30.2 Å². The minimum Gasteiger partial charge on any atom is -0.492 e. The molecule has 0 saturated heterocycles. The Morgan fingerprint density at radius 3 is 2.79 bits per heavy atom. The molecule has 2 saturated carbocycles. The van der Waals surface area contributed by atoms with Gasteiger partial charge in [-0.25, -0.2) is 0 Å². The van der Waals surface area contributed by atoms with E-state index in [1.54, 1.807) is 6.07 Å². The summed E-state index contributed by atoms with van der Waals surface area (Å²) in [7, 11) is 0. The predicted octanol–water partition coefficient (Wildman–Crippen LogP) is 3.79. The van der Waals surface area contributed by atoms with E-state index < -0.39 is 0 Å². The molecular weight excluding hydrogens is 278 g/mol. The molecule has 2 nitrogen and oxygen atoms in total. The highest BCUT2D eigenvalue weighted by atomic mass is 35.5. The van der Waals surface area contributed by atoms with Gasteiger partial charge in [0.2, 0.25) is 0 Å². The largest absolute Gasteiger partial charge is 0.492 e. The van der Waals surface area contributed by atoms with Gasteiger partial charge in [-0.3, -0.25) is 0 Å². The maximum atomic E-state index is 6.20. The van der Waals surface area contributed by atoms with Crippen LogP contribution in [0.25, 0.3) is 0 Å². The van der Waals surface area contributed by atoms with Gasteiger partial charge in [0.05, 0.1) is 11.6 Å². The van der Waals surface area contributed by atoms with Crippen molar-refractivity contribution in [3.8, 4) is 5.75 Å². The molecule has 0 aromatic heterocycles. The molecule has 0 aliphatic heterocycles. The van der Waals surface area contributed by atoms with Gasteiger partial charge in [0.1, 0.15) is 10.7 Å². The number of rotatable bonds is 4. The second-order valence-electron chi connectivity index (χ2n) is 5.76. The second kappa shape index (κ2) is 5.29. The predicted molar refractivity (Wildman–Crippen MR) is 81.8 cm³/mol. The van der Waals surface area contributed by atoms with E-state index in [1.807, 2.05) is 12.1 Å². The molecule has 2 aliphatic rings. The first kappa shape index (κ1) is 13.2. The van der Waals surface area contributed by atoms with Crippen LogP contribution in [0, 0.1) is 17.8 Å². The number of thiocarbonyl (C=S) groups is 1. The summed E-state index contributed by atoms with van der Waals surface area (Å²) in [6.45, 7) is 0.785. The van der Waals surface area contributed by atoms with E-state index in [-0.39, 0.29) is 0 Å². The van der Waals surface area contributed by atoms with E-state index in [1.165, 1.54) is 25.7 Å². The molecule has 0 amide bonds. The lowest BCUT2D eigenvalue weighted by Gasteiger charge is -2.22. The van der Waals surface area contributed by atoms with Gasteiger partial charge in [-0.15, -0.1) is 0 Å². The lowest BCUT2D eigenvalue weighted by molar-refractivity contribution is 0.195. The maximum Gasteiger partial charge on any atom is 0.137 e. The number of fused-ring (bicyclic) bond motifs is 2. The van der Waals surface area contributed by atoms with Gasteiger partial charge in [0.15, 0.2) is 0 Å². The maximum absolute atomic E-state index is 6.20. The third-order valence-corrected chi connectivity index (χ3v) is 5.08. The third kappa shape index (κ3) is 2.72.